The minimum absolute atomic E-state index is 0.249. The lowest BCUT2D eigenvalue weighted by molar-refractivity contribution is -0.139. The minimum atomic E-state index is -0.543. The summed E-state index contributed by atoms with van der Waals surface area (Å²) in [6, 6.07) is 2.87. The van der Waals surface area contributed by atoms with Gasteiger partial charge in [0.15, 0.2) is 0 Å². The van der Waals surface area contributed by atoms with Gasteiger partial charge in [-0.3, -0.25) is 4.90 Å². The summed E-state index contributed by atoms with van der Waals surface area (Å²) in [4.78, 5) is 41.5. The van der Waals surface area contributed by atoms with Crippen LogP contribution in [0.15, 0.2) is 28.8 Å². The van der Waals surface area contributed by atoms with Crippen LogP contribution in [0.1, 0.15) is 24.8 Å². The second-order valence-electron chi connectivity index (χ2n) is 6.62. The maximum atomic E-state index is 12.7. The molecule has 0 aromatic carbocycles. The number of nitrogens with zero attached hydrogens (tertiary/aromatic N) is 2. The van der Waals surface area contributed by atoms with Crippen molar-refractivity contribution < 1.29 is 23.9 Å². The molecule has 0 radical (unpaired) electrons. The number of nitrogens with one attached hydrogen (secondary N) is 2. The van der Waals surface area contributed by atoms with Crippen LogP contribution < -0.4 is 10.6 Å². The Kier molecular flexibility index (Phi) is 7.10. The van der Waals surface area contributed by atoms with Crippen LogP contribution in [0, 0.1) is 0 Å². The molecule has 2 N–H and O–H groups in total. The minimum Gasteiger partial charge on any atom is -0.463 e. The number of piperazine rings is 1. The SMILES string of the molecule is CCOC(=O)C1=C(CN2CCN(C(=O)OCC)CC2)NC(=O)N[C@@H]1c1cccs1. The molecule has 0 spiro atoms. The Balaban J connectivity index is 1.78. The maximum Gasteiger partial charge on any atom is 0.409 e. The van der Waals surface area contributed by atoms with Gasteiger partial charge in [0.25, 0.3) is 0 Å². The van der Waals surface area contributed by atoms with Crippen LogP contribution in [0.2, 0.25) is 0 Å². The van der Waals surface area contributed by atoms with E-state index in [-0.39, 0.29) is 18.7 Å². The molecule has 2 aliphatic heterocycles. The van der Waals surface area contributed by atoms with E-state index in [1.165, 1.54) is 11.3 Å². The molecular formula is C19H26N4O5S. The van der Waals surface area contributed by atoms with E-state index in [9.17, 15) is 14.4 Å². The van der Waals surface area contributed by atoms with Crippen molar-refractivity contribution >= 4 is 29.4 Å². The molecule has 0 unspecified atom stereocenters. The number of carbonyl (C=O) groups is 3. The Morgan fingerprint density at radius 3 is 2.52 bits per heavy atom. The van der Waals surface area contributed by atoms with Crippen LogP contribution in [0.4, 0.5) is 9.59 Å². The molecule has 0 aliphatic carbocycles. The molecule has 0 saturated carbocycles. The molecule has 2 aliphatic rings. The first kappa shape index (κ1) is 21.1. The zero-order chi connectivity index (χ0) is 20.8. The first-order valence-corrected chi connectivity index (χ1v) is 10.6. The van der Waals surface area contributed by atoms with Gasteiger partial charge in [0.2, 0.25) is 0 Å². The van der Waals surface area contributed by atoms with E-state index < -0.39 is 12.0 Å². The summed E-state index contributed by atoms with van der Waals surface area (Å²) in [5.41, 5.74) is 0.955. The number of thiophene rings is 1. The van der Waals surface area contributed by atoms with Crippen molar-refractivity contribution in [3.63, 3.8) is 0 Å². The van der Waals surface area contributed by atoms with Gasteiger partial charge in [-0.05, 0) is 25.3 Å². The summed E-state index contributed by atoms with van der Waals surface area (Å²) < 4.78 is 10.3. The summed E-state index contributed by atoms with van der Waals surface area (Å²) in [5, 5.41) is 7.51. The first-order valence-electron chi connectivity index (χ1n) is 9.68. The average Bonchev–Trinajstić information content (AvgIpc) is 3.23. The number of amides is 3. The van der Waals surface area contributed by atoms with Crippen LogP contribution in [0.25, 0.3) is 0 Å². The summed E-state index contributed by atoms with van der Waals surface area (Å²) >= 11 is 1.47. The van der Waals surface area contributed by atoms with Gasteiger partial charge in [0.1, 0.15) is 0 Å². The first-order chi connectivity index (χ1) is 14.0. The lowest BCUT2D eigenvalue weighted by atomic mass is 10.0. The third-order valence-corrected chi connectivity index (χ3v) is 5.69. The van der Waals surface area contributed by atoms with Crippen molar-refractivity contribution in [2.45, 2.75) is 19.9 Å². The van der Waals surface area contributed by atoms with E-state index >= 15 is 0 Å². The molecule has 1 saturated heterocycles. The predicted molar refractivity (Wildman–Crippen MR) is 107 cm³/mol. The molecule has 29 heavy (non-hydrogen) atoms. The second-order valence-corrected chi connectivity index (χ2v) is 7.60. The lowest BCUT2D eigenvalue weighted by Gasteiger charge is -2.36. The highest BCUT2D eigenvalue weighted by Crippen LogP contribution is 2.31. The Morgan fingerprint density at radius 1 is 1.17 bits per heavy atom. The highest BCUT2D eigenvalue weighted by atomic mass is 32.1. The molecule has 1 fully saturated rings. The number of hydrogen-bond acceptors (Lipinski definition) is 7. The van der Waals surface area contributed by atoms with Crippen LogP contribution in [0.3, 0.4) is 0 Å². The number of esters is 1. The molecular weight excluding hydrogens is 396 g/mol. The van der Waals surface area contributed by atoms with E-state index in [1.54, 1.807) is 18.7 Å². The summed E-state index contributed by atoms with van der Waals surface area (Å²) in [6.45, 7) is 6.81. The van der Waals surface area contributed by atoms with Gasteiger partial charge in [-0.2, -0.15) is 0 Å². The van der Waals surface area contributed by atoms with Crippen LogP contribution >= 0.6 is 11.3 Å². The zero-order valence-electron chi connectivity index (χ0n) is 16.6. The molecule has 3 heterocycles. The van der Waals surface area contributed by atoms with E-state index in [0.717, 1.165) is 4.88 Å². The standard InChI is InChI=1S/C19H26N4O5S/c1-3-27-17(24)15-13(20-18(25)21-16(15)14-6-5-11-29-14)12-22-7-9-23(10-8-22)19(26)28-4-2/h5-6,11,16H,3-4,7-10,12H2,1-2H3,(H2,20,21,25)/t16-/m1/s1. The fourth-order valence-corrected chi connectivity index (χ4v) is 4.17. The van der Waals surface area contributed by atoms with Gasteiger partial charge in [-0.1, -0.05) is 6.07 Å². The third-order valence-electron chi connectivity index (χ3n) is 4.76. The predicted octanol–water partition coefficient (Wildman–Crippen LogP) is 1.69. The quantitative estimate of drug-likeness (QED) is 0.677. The van der Waals surface area contributed by atoms with Gasteiger partial charge in [-0.15, -0.1) is 11.3 Å². The molecule has 0 bridgehead atoms. The van der Waals surface area contributed by atoms with E-state index in [1.807, 2.05) is 17.5 Å². The van der Waals surface area contributed by atoms with Gasteiger partial charge >= 0.3 is 18.1 Å². The Morgan fingerprint density at radius 2 is 1.90 bits per heavy atom. The van der Waals surface area contributed by atoms with Gasteiger partial charge < -0.3 is 25.0 Å². The normalized spacial score (nSPS) is 20.1. The van der Waals surface area contributed by atoms with E-state index in [2.05, 4.69) is 15.5 Å². The van der Waals surface area contributed by atoms with Crippen molar-refractivity contribution in [2.75, 3.05) is 45.9 Å². The van der Waals surface area contributed by atoms with Crippen molar-refractivity contribution in [3.8, 4) is 0 Å². The number of ether oxygens (including phenoxy) is 2. The largest absolute Gasteiger partial charge is 0.463 e. The summed E-state index contributed by atoms with van der Waals surface area (Å²) in [5.74, 6) is -0.446. The molecule has 1 atom stereocenters. The average molecular weight is 423 g/mol. The van der Waals surface area contributed by atoms with Crippen LogP contribution in [-0.2, 0) is 14.3 Å². The third kappa shape index (κ3) is 5.07. The molecule has 3 rings (SSSR count). The Labute approximate surface area is 173 Å². The fraction of sp³-hybridized carbons (Fsp3) is 0.526. The molecule has 10 heteroatoms. The Bertz CT molecular complexity index is 772. The molecule has 1 aromatic rings. The van der Waals surface area contributed by atoms with Crippen LogP contribution in [-0.4, -0.2) is 73.8 Å². The fourth-order valence-electron chi connectivity index (χ4n) is 3.39. The van der Waals surface area contributed by atoms with Crippen molar-refractivity contribution in [3.05, 3.63) is 33.7 Å². The Hall–Kier alpha value is -2.59. The second kappa shape index (κ2) is 9.75. The molecule has 3 amide bonds. The maximum absolute atomic E-state index is 12.7. The van der Waals surface area contributed by atoms with Crippen molar-refractivity contribution in [1.82, 2.24) is 20.4 Å². The van der Waals surface area contributed by atoms with Crippen LogP contribution in [0.5, 0.6) is 0 Å². The van der Waals surface area contributed by atoms with Gasteiger partial charge in [0.05, 0.1) is 24.8 Å². The lowest BCUT2D eigenvalue weighted by Crippen LogP contribution is -2.52. The summed E-state index contributed by atoms with van der Waals surface area (Å²) in [6.07, 6.45) is -0.313. The smallest absolute Gasteiger partial charge is 0.409 e. The number of hydrogen-bond donors (Lipinski definition) is 2. The topological polar surface area (TPSA) is 100 Å². The number of rotatable bonds is 6. The van der Waals surface area contributed by atoms with Crippen molar-refractivity contribution in [1.29, 1.82) is 0 Å². The highest BCUT2D eigenvalue weighted by Gasteiger charge is 2.35. The molecule has 1 aromatic heterocycles. The van der Waals surface area contributed by atoms with E-state index in [4.69, 9.17) is 9.47 Å². The summed E-state index contributed by atoms with van der Waals surface area (Å²) in [7, 11) is 0. The monoisotopic (exact) mass is 422 g/mol. The molecule has 158 valence electrons. The van der Waals surface area contributed by atoms with Crippen molar-refractivity contribution in [2.24, 2.45) is 0 Å². The van der Waals surface area contributed by atoms with Gasteiger partial charge in [-0.25, -0.2) is 14.4 Å². The highest BCUT2D eigenvalue weighted by molar-refractivity contribution is 7.10. The van der Waals surface area contributed by atoms with E-state index in [0.29, 0.717) is 50.6 Å². The zero-order valence-corrected chi connectivity index (χ0v) is 17.4. The molecule has 9 nitrogen and oxygen atoms in total. The number of urea groups is 1. The van der Waals surface area contributed by atoms with Gasteiger partial charge in [0, 0.05) is 43.3 Å². The number of carbonyl (C=O) groups excluding carboxylic acids is 3.